The van der Waals surface area contributed by atoms with Crippen LogP contribution in [0.4, 0.5) is 0 Å². The molecule has 0 saturated carbocycles. The zero-order valence-electron chi connectivity index (χ0n) is 8.39. The molecule has 80 valence electrons. The third-order valence-corrected chi connectivity index (χ3v) is 2.63. The Bertz CT molecular complexity index is 361. The summed E-state index contributed by atoms with van der Waals surface area (Å²) in [6.07, 6.45) is 0.865. The Kier molecular flexibility index (Phi) is 2.60. The van der Waals surface area contributed by atoms with Gasteiger partial charge in [0.2, 0.25) is 0 Å². The van der Waals surface area contributed by atoms with Gasteiger partial charge in [-0.15, -0.1) is 0 Å². The third-order valence-electron chi connectivity index (χ3n) is 2.63. The zero-order chi connectivity index (χ0) is 10.8. The van der Waals surface area contributed by atoms with Gasteiger partial charge < -0.3 is 15.7 Å². The van der Waals surface area contributed by atoms with Gasteiger partial charge in [-0.2, -0.15) is 0 Å². The first-order valence-electron chi connectivity index (χ1n) is 5.00. The molecule has 0 aliphatic carbocycles. The maximum absolute atomic E-state index is 11.9. The summed E-state index contributed by atoms with van der Waals surface area (Å²) < 4.78 is 0. The molecular formula is C11H14N2O2. The van der Waals surface area contributed by atoms with E-state index in [1.54, 1.807) is 17.0 Å². The van der Waals surface area contributed by atoms with Crippen LogP contribution in [-0.2, 0) is 0 Å². The van der Waals surface area contributed by atoms with E-state index in [1.165, 1.54) is 12.1 Å². The van der Waals surface area contributed by atoms with E-state index >= 15 is 0 Å². The molecule has 0 bridgehead atoms. The highest BCUT2D eigenvalue weighted by Gasteiger charge is 2.24. The van der Waals surface area contributed by atoms with Crippen LogP contribution in [0.2, 0.25) is 0 Å². The normalized spacial score (nSPS) is 20.6. The minimum atomic E-state index is -0.0112. The Balaban J connectivity index is 2.11. The SMILES string of the molecule is N[C@@H]1CCN(C(=O)c2ccc(O)cc2)C1. The summed E-state index contributed by atoms with van der Waals surface area (Å²) in [5.74, 6) is 0.160. The largest absolute Gasteiger partial charge is 0.508 e. The maximum atomic E-state index is 11.9. The van der Waals surface area contributed by atoms with E-state index < -0.39 is 0 Å². The summed E-state index contributed by atoms with van der Waals surface area (Å²) in [7, 11) is 0. The molecule has 1 aliphatic rings. The molecule has 3 N–H and O–H groups in total. The summed E-state index contributed by atoms with van der Waals surface area (Å²) in [5.41, 5.74) is 6.33. The van der Waals surface area contributed by atoms with Crippen LogP contribution in [0.15, 0.2) is 24.3 Å². The Morgan fingerprint density at radius 3 is 2.60 bits per heavy atom. The predicted molar refractivity (Wildman–Crippen MR) is 56.6 cm³/mol. The zero-order valence-corrected chi connectivity index (χ0v) is 8.39. The van der Waals surface area contributed by atoms with Gasteiger partial charge in [0, 0.05) is 24.7 Å². The monoisotopic (exact) mass is 206 g/mol. The minimum Gasteiger partial charge on any atom is -0.508 e. The second-order valence-electron chi connectivity index (χ2n) is 3.85. The van der Waals surface area contributed by atoms with Crippen molar-refractivity contribution in [3.8, 4) is 5.75 Å². The van der Waals surface area contributed by atoms with E-state index in [9.17, 15) is 4.79 Å². The quantitative estimate of drug-likeness (QED) is 0.705. The molecule has 0 spiro atoms. The number of hydrogen-bond acceptors (Lipinski definition) is 3. The van der Waals surface area contributed by atoms with E-state index in [0.717, 1.165) is 13.0 Å². The molecule has 1 aliphatic heterocycles. The standard InChI is InChI=1S/C11H14N2O2/c12-9-5-6-13(7-9)11(15)8-1-3-10(14)4-2-8/h1-4,9,14H,5-7,12H2/t9-/m1/s1. The molecule has 1 heterocycles. The topological polar surface area (TPSA) is 66.6 Å². The molecule has 4 nitrogen and oxygen atoms in total. The van der Waals surface area contributed by atoms with E-state index in [4.69, 9.17) is 10.8 Å². The molecule has 2 rings (SSSR count). The maximum Gasteiger partial charge on any atom is 0.253 e. The predicted octanol–water partition coefficient (Wildman–Crippen LogP) is 0.565. The van der Waals surface area contributed by atoms with Crippen molar-refractivity contribution in [3.05, 3.63) is 29.8 Å². The first-order valence-corrected chi connectivity index (χ1v) is 5.00. The molecule has 1 atom stereocenters. The van der Waals surface area contributed by atoms with Crippen LogP contribution in [0.1, 0.15) is 16.8 Å². The molecule has 1 amide bonds. The number of phenolic OH excluding ortho intramolecular Hbond substituents is 1. The van der Waals surface area contributed by atoms with Crippen molar-refractivity contribution in [1.82, 2.24) is 4.90 Å². The second-order valence-corrected chi connectivity index (χ2v) is 3.85. The van der Waals surface area contributed by atoms with E-state index in [0.29, 0.717) is 12.1 Å². The number of aromatic hydroxyl groups is 1. The molecule has 1 aromatic carbocycles. The van der Waals surface area contributed by atoms with E-state index in [-0.39, 0.29) is 17.7 Å². The lowest BCUT2D eigenvalue weighted by Gasteiger charge is -2.15. The summed E-state index contributed by atoms with van der Waals surface area (Å²) in [6.45, 7) is 1.35. The van der Waals surface area contributed by atoms with Gasteiger partial charge in [-0.3, -0.25) is 4.79 Å². The molecule has 0 radical (unpaired) electrons. The highest BCUT2D eigenvalue weighted by Crippen LogP contribution is 2.15. The molecule has 0 unspecified atom stereocenters. The summed E-state index contributed by atoms with van der Waals surface area (Å²) in [4.78, 5) is 13.6. The van der Waals surface area contributed by atoms with Gasteiger partial charge in [-0.1, -0.05) is 0 Å². The van der Waals surface area contributed by atoms with Gasteiger partial charge in [0.15, 0.2) is 0 Å². The van der Waals surface area contributed by atoms with Crippen molar-refractivity contribution in [3.63, 3.8) is 0 Å². The number of amides is 1. The van der Waals surface area contributed by atoms with Crippen LogP contribution in [0.25, 0.3) is 0 Å². The van der Waals surface area contributed by atoms with Crippen LogP contribution < -0.4 is 5.73 Å². The Labute approximate surface area is 88.3 Å². The van der Waals surface area contributed by atoms with Gasteiger partial charge in [-0.25, -0.2) is 0 Å². The molecule has 15 heavy (non-hydrogen) atoms. The third kappa shape index (κ3) is 2.10. The van der Waals surface area contributed by atoms with Crippen LogP contribution in [0.3, 0.4) is 0 Å². The summed E-state index contributed by atoms with van der Waals surface area (Å²) in [5, 5.41) is 9.10. The lowest BCUT2D eigenvalue weighted by atomic mass is 10.2. The molecule has 1 saturated heterocycles. The molecule has 0 aromatic heterocycles. The lowest BCUT2D eigenvalue weighted by molar-refractivity contribution is 0.0791. The van der Waals surface area contributed by atoms with E-state index in [2.05, 4.69) is 0 Å². The van der Waals surface area contributed by atoms with Crippen molar-refractivity contribution in [1.29, 1.82) is 0 Å². The summed E-state index contributed by atoms with van der Waals surface area (Å²) >= 11 is 0. The number of benzene rings is 1. The number of carbonyl (C=O) groups is 1. The highest BCUT2D eigenvalue weighted by atomic mass is 16.3. The number of nitrogens with two attached hydrogens (primary N) is 1. The van der Waals surface area contributed by atoms with Gasteiger partial charge in [0.25, 0.3) is 5.91 Å². The van der Waals surface area contributed by atoms with Crippen molar-refractivity contribution < 1.29 is 9.90 Å². The Morgan fingerprint density at radius 1 is 1.40 bits per heavy atom. The first-order chi connectivity index (χ1) is 7.16. The van der Waals surface area contributed by atoms with Gasteiger partial charge in [0.1, 0.15) is 5.75 Å². The van der Waals surface area contributed by atoms with Crippen molar-refractivity contribution in [2.45, 2.75) is 12.5 Å². The second kappa shape index (κ2) is 3.90. The van der Waals surface area contributed by atoms with Gasteiger partial charge in [0.05, 0.1) is 0 Å². The Morgan fingerprint density at radius 2 is 2.07 bits per heavy atom. The fourth-order valence-electron chi connectivity index (χ4n) is 1.76. The first kappa shape index (κ1) is 9.98. The van der Waals surface area contributed by atoms with Crippen LogP contribution in [0, 0.1) is 0 Å². The lowest BCUT2D eigenvalue weighted by Crippen LogP contribution is -2.31. The number of nitrogens with zero attached hydrogens (tertiary/aromatic N) is 1. The minimum absolute atomic E-state index is 0.0112. The fourth-order valence-corrected chi connectivity index (χ4v) is 1.76. The van der Waals surface area contributed by atoms with Crippen molar-refractivity contribution in [2.24, 2.45) is 5.73 Å². The van der Waals surface area contributed by atoms with E-state index in [1.807, 2.05) is 0 Å². The number of carbonyl (C=O) groups excluding carboxylic acids is 1. The number of rotatable bonds is 1. The molecule has 4 heteroatoms. The Hall–Kier alpha value is -1.55. The van der Waals surface area contributed by atoms with Crippen LogP contribution in [0.5, 0.6) is 5.75 Å². The van der Waals surface area contributed by atoms with Crippen molar-refractivity contribution >= 4 is 5.91 Å². The van der Waals surface area contributed by atoms with Gasteiger partial charge >= 0.3 is 0 Å². The molecule has 1 aromatic rings. The average Bonchev–Trinajstić information content (AvgIpc) is 2.65. The number of likely N-dealkylation sites (tertiary alicyclic amines) is 1. The van der Waals surface area contributed by atoms with Gasteiger partial charge in [-0.05, 0) is 30.7 Å². The molecular weight excluding hydrogens is 192 g/mol. The highest BCUT2D eigenvalue weighted by molar-refractivity contribution is 5.94. The number of phenols is 1. The molecule has 1 fully saturated rings. The van der Waals surface area contributed by atoms with Crippen molar-refractivity contribution in [2.75, 3.05) is 13.1 Å². The average molecular weight is 206 g/mol. The fraction of sp³-hybridized carbons (Fsp3) is 0.364. The number of hydrogen-bond donors (Lipinski definition) is 2. The van der Waals surface area contributed by atoms with Crippen LogP contribution >= 0.6 is 0 Å². The summed E-state index contributed by atoms with van der Waals surface area (Å²) in [6, 6.07) is 6.39. The van der Waals surface area contributed by atoms with Crippen LogP contribution in [-0.4, -0.2) is 35.0 Å². The smallest absolute Gasteiger partial charge is 0.253 e.